The van der Waals surface area contributed by atoms with Crippen LogP contribution in [0.4, 0.5) is 16.2 Å². The number of methoxy groups -OCH3 is 1. The van der Waals surface area contributed by atoms with Crippen molar-refractivity contribution in [3.63, 3.8) is 0 Å². The zero-order chi connectivity index (χ0) is 17.3. The smallest absolute Gasteiger partial charge is 0.316 e. The Morgan fingerprint density at radius 3 is 2.71 bits per heavy atom. The van der Waals surface area contributed by atoms with Gasteiger partial charge in [-0.2, -0.15) is 0 Å². The van der Waals surface area contributed by atoms with Gasteiger partial charge in [0.15, 0.2) is 0 Å². The number of aryl methyl sites for hydroxylation is 1. The van der Waals surface area contributed by atoms with Gasteiger partial charge in [-0.15, -0.1) is 11.3 Å². The van der Waals surface area contributed by atoms with E-state index in [0.29, 0.717) is 23.0 Å². The predicted molar refractivity (Wildman–Crippen MR) is 94.7 cm³/mol. The number of ether oxygens (including phenoxy) is 1. The van der Waals surface area contributed by atoms with Crippen LogP contribution in [-0.2, 0) is 4.79 Å². The summed E-state index contributed by atoms with van der Waals surface area (Å²) in [5.41, 5.74) is 7.45. The summed E-state index contributed by atoms with van der Waals surface area (Å²) >= 11 is 1.71. The number of benzene rings is 1. The predicted octanol–water partition coefficient (Wildman–Crippen LogP) is 3.30. The molecular formula is C17H19N3O3S. The second-order valence-corrected chi connectivity index (χ2v) is 6.76. The lowest BCUT2D eigenvalue weighted by molar-refractivity contribution is -0.117. The second-order valence-electron chi connectivity index (χ2n) is 5.81. The van der Waals surface area contributed by atoms with Crippen LogP contribution in [0.3, 0.4) is 0 Å². The number of hydrogen-bond donors (Lipinski definition) is 3. The molecule has 1 aromatic carbocycles. The molecule has 4 N–H and O–H groups in total. The molecular weight excluding hydrogens is 326 g/mol. The lowest BCUT2D eigenvalue weighted by Gasteiger charge is -2.11. The van der Waals surface area contributed by atoms with Crippen molar-refractivity contribution in [2.24, 2.45) is 11.7 Å². The molecule has 0 spiro atoms. The minimum absolute atomic E-state index is 0.00506. The number of carbonyl (C=O) groups excluding carboxylic acids is 2. The number of primary amides is 1. The number of amides is 3. The third-order valence-electron chi connectivity index (χ3n) is 4.09. The molecule has 1 fully saturated rings. The number of rotatable bonds is 5. The van der Waals surface area contributed by atoms with Gasteiger partial charge in [0.05, 0.1) is 12.8 Å². The first-order valence-electron chi connectivity index (χ1n) is 7.59. The van der Waals surface area contributed by atoms with E-state index in [1.807, 2.05) is 0 Å². The molecule has 126 valence electrons. The molecule has 6 nitrogen and oxygen atoms in total. The highest BCUT2D eigenvalue weighted by Crippen LogP contribution is 2.50. The van der Waals surface area contributed by atoms with Crippen molar-refractivity contribution in [2.75, 3.05) is 17.7 Å². The largest absolute Gasteiger partial charge is 0.494 e. The normalized spacial score (nSPS) is 18.8. The monoisotopic (exact) mass is 345 g/mol. The van der Waals surface area contributed by atoms with Crippen molar-refractivity contribution in [1.82, 2.24) is 0 Å². The number of nitrogens with one attached hydrogen (secondary N) is 2. The van der Waals surface area contributed by atoms with E-state index in [1.165, 1.54) is 17.6 Å². The molecule has 1 aliphatic rings. The Kier molecular flexibility index (Phi) is 4.44. The van der Waals surface area contributed by atoms with Crippen molar-refractivity contribution in [3.05, 3.63) is 40.1 Å². The molecule has 0 saturated heterocycles. The summed E-state index contributed by atoms with van der Waals surface area (Å²) in [7, 11) is 1.49. The molecule has 0 unspecified atom stereocenters. The fourth-order valence-electron chi connectivity index (χ4n) is 2.78. The zero-order valence-corrected chi connectivity index (χ0v) is 14.3. The highest BCUT2D eigenvalue weighted by atomic mass is 32.1. The molecule has 0 aliphatic heterocycles. The lowest BCUT2D eigenvalue weighted by Crippen LogP contribution is -2.20. The minimum Gasteiger partial charge on any atom is -0.494 e. The van der Waals surface area contributed by atoms with Crippen LogP contribution in [0.1, 0.15) is 22.8 Å². The quantitative estimate of drug-likeness (QED) is 0.776. The molecule has 0 radical (unpaired) electrons. The minimum atomic E-state index is -0.669. The molecule has 3 amide bonds. The summed E-state index contributed by atoms with van der Waals surface area (Å²) in [6.07, 6.45) is 0.881. The zero-order valence-electron chi connectivity index (χ0n) is 13.5. The number of thiophene rings is 1. The van der Waals surface area contributed by atoms with E-state index in [4.69, 9.17) is 10.5 Å². The maximum atomic E-state index is 12.4. The fourth-order valence-corrected chi connectivity index (χ4v) is 3.89. The molecule has 1 aromatic heterocycles. The third-order valence-corrected chi connectivity index (χ3v) is 5.24. The van der Waals surface area contributed by atoms with Crippen molar-refractivity contribution in [1.29, 1.82) is 0 Å². The maximum Gasteiger partial charge on any atom is 0.316 e. The molecule has 1 heterocycles. The maximum absolute atomic E-state index is 12.4. The van der Waals surface area contributed by atoms with E-state index < -0.39 is 6.03 Å². The van der Waals surface area contributed by atoms with E-state index in [-0.39, 0.29) is 11.8 Å². The van der Waals surface area contributed by atoms with Gasteiger partial charge in [0.2, 0.25) is 5.91 Å². The molecule has 3 rings (SSSR count). The van der Waals surface area contributed by atoms with Gasteiger partial charge in [0.1, 0.15) is 5.75 Å². The number of nitrogens with two attached hydrogens (primary N) is 1. The first-order chi connectivity index (χ1) is 11.5. The van der Waals surface area contributed by atoms with Crippen LogP contribution in [-0.4, -0.2) is 19.0 Å². The Morgan fingerprint density at radius 1 is 1.29 bits per heavy atom. The van der Waals surface area contributed by atoms with Crippen LogP contribution in [0.25, 0.3) is 0 Å². The van der Waals surface area contributed by atoms with Gasteiger partial charge in [-0.3, -0.25) is 4.79 Å². The molecule has 2 atom stereocenters. The molecule has 1 saturated carbocycles. The van der Waals surface area contributed by atoms with Crippen molar-refractivity contribution >= 4 is 34.6 Å². The number of carbonyl (C=O) groups is 2. The summed E-state index contributed by atoms with van der Waals surface area (Å²) in [5, 5.41) is 7.45. The summed E-state index contributed by atoms with van der Waals surface area (Å²) in [4.78, 5) is 24.7. The average Bonchev–Trinajstić information content (AvgIpc) is 3.22. The Balaban J connectivity index is 1.67. The van der Waals surface area contributed by atoms with Gasteiger partial charge in [-0.05, 0) is 42.5 Å². The van der Waals surface area contributed by atoms with E-state index >= 15 is 0 Å². The van der Waals surface area contributed by atoms with Crippen LogP contribution < -0.4 is 21.1 Å². The summed E-state index contributed by atoms with van der Waals surface area (Å²) in [6, 6.07) is 6.43. The third kappa shape index (κ3) is 3.35. The van der Waals surface area contributed by atoms with Gasteiger partial charge in [0, 0.05) is 28.5 Å². The van der Waals surface area contributed by atoms with Crippen LogP contribution >= 0.6 is 11.3 Å². The van der Waals surface area contributed by atoms with E-state index in [0.717, 1.165) is 6.42 Å². The number of hydrogen-bond acceptors (Lipinski definition) is 4. The summed E-state index contributed by atoms with van der Waals surface area (Å²) in [6.45, 7) is 2.08. The number of anilines is 2. The average molecular weight is 345 g/mol. The topological polar surface area (TPSA) is 93.4 Å². The fraction of sp³-hybridized carbons (Fsp3) is 0.294. The van der Waals surface area contributed by atoms with Crippen molar-refractivity contribution in [3.8, 4) is 5.75 Å². The van der Waals surface area contributed by atoms with E-state index in [2.05, 4.69) is 29.0 Å². The first-order valence-corrected chi connectivity index (χ1v) is 8.47. The SMILES string of the molecule is COc1cc(NC(=O)[C@@H]2C[C@@H]2c2sccc2C)ccc1NC(N)=O. The molecule has 2 aromatic rings. The van der Waals surface area contributed by atoms with Crippen molar-refractivity contribution in [2.45, 2.75) is 19.3 Å². The summed E-state index contributed by atoms with van der Waals surface area (Å²) in [5.74, 6) is 0.776. The Hall–Kier alpha value is -2.54. The van der Waals surface area contributed by atoms with E-state index in [1.54, 1.807) is 29.5 Å². The molecule has 1 aliphatic carbocycles. The van der Waals surface area contributed by atoms with Gasteiger partial charge in [-0.25, -0.2) is 4.79 Å². The van der Waals surface area contributed by atoms with Crippen LogP contribution in [0.2, 0.25) is 0 Å². The lowest BCUT2D eigenvalue weighted by atomic mass is 10.2. The van der Waals surface area contributed by atoms with Crippen LogP contribution in [0.5, 0.6) is 5.75 Å². The highest BCUT2D eigenvalue weighted by Gasteiger charge is 2.45. The second kappa shape index (κ2) is 6.52. The summed E-state index contributed by atoms with van der Waals surface area (Å²) < 4.78 is 5.22. The van der Waals surface area contributed by atoms with Gasteiger partial charge >= 0.3 is 6.03 Å². The van der Waals surface area contributed by atoms with Crippen LogP contribution in [0, 0.1) is 12.8 Å². The van der Waals surface area contributed by atoms with Gasteiger partial charge < -0.3 is 21.1 Å². The molecule has 7 heteroatoms. The van der Waals surface area contributed by atoms with Crippen LogP contribution in [0.15, 0.2) is 29.6 Å². The highest BCUT2D eigenvalue weighted by molar-refractivity contribution is 7.10. The van der Waals surface area contributed by atoms with Crippen molar-refractivity contribution < 1.29 is 14.3 Å². The van der Waals surface area contributed by atoms with Gasteiger partial charge in [0.25, 0.3) is 0 Å². The standard InChI is InChI=1S/C17H19N3O3S/c1-9-5-6-24-15(9)11-8-12(11)16(21)19-10-3-4-13(20-17(18)22)14(7-10)23-2/h3-7,11-12H,8H2,1-2H3,(H,19,21)(H3,18,20,22)/t11-,12+/m0/s1. The Bertz CT molecular complexity index is 787. The number of urea groups is 1. The van der Waals surface area contributed by atoms with Gasteiger partial charge in [-0.1, -0.05) is 0 Å². The Morgan fingerprint density at radius 2 is 2.08 bits per heavy atom. The molecule has 0 bridgehead atoms. The Labute approximate surface area is 144 Å². The van der Waals surface area contributed by atoms with E-state index in [9.17, 15) is 9.59 Å². The molecule has 24 heavy (non-hydrogen) atoms. The first kappa shape index (κ1) is 16.3.